The molecule has 5 nitrogen and oxygen atoms in total. The third-order valence-corrected chi connectivity index (χ3v) is 1.55. The standard InChI is InChI=1S/C7H7N3O2/c1-2-9-5-7(10(11)12)3-6(9)4-8/h3,5H,2H2,1H3. The molecule has 1 aromatic heterocycles. The van der Waals surface area contributed by atoms with Gasteiger partial charge in [-0.25, -0.2) is 0 Å². The summed E-state index contributed by atoms with van der Waals surface area (Å²) in [6.45, 7) is 2.39. The molecule has 12 heavy (non-hydrogen) atoms. The van der Waals surface area contributed by atoms with E-state index in [9.17, 15) is 10.1 Å². The topological polar surface area (TPSA) is 71.9 Å². The smallest absolute Gasteiger partial charge is 0.288 e. The van der Waals surface area contributed by atoms with E-state index in [1.165, 1.54) is 16.8 Å². The number of nitrogens with zero attached hydrogens (tertiary/aromatic N) is 3. The lowest BCUT2D eigenvalue weighted by Crippen LogP contribution is -1.94. The van der Waals surface area contributed by atoms with Crippen molar-refractivity contribution in [2.75, 3.05) is 0 Å². The van der Waals surface area contributed by atoms with Crippen molar-refractivity contribution in [2.45, 2.75) is 13.5 Å². The highest BCUT2D eigenvalue weighted by Gasteiger charge is 2.11. The van der Waals surface area contributed by atoms with Crippen LogP contribution in [0.2, 0.25) is 0 Å². The summed E-state index contributed by atoms with van der Waals surface area (Å²) < 4.78 is 1.54. The fraction of sp³-hybridized carbons (Fsp3) is 0.286. The van der Waals surface area contributed by atoms with Crippen LogP contribution in [-0.2, 0) is 6.54 Å². The van der Waals surface area contributed by atoms with E-state index in [0.717, 1.165) is 0 Å². The van der Waals surface area contributed by atoms with Crippen LogP contribution in [0.1, 0.15) is 12.6 Å². The number of aryl methyl sites for hydroxylation is 1. The third kappa shape index (κ3) is 1.27. The largest absolute Gasteiger partial charge is 0.333 e. The first-order valence-electron chi connectivity index (χ1n) is 3.43. The Kier molecular flexibility index (Phi) is 2.10. The second-order valence-electron chi connectivity index (χ2n) is 2.24. The molecule has 0 fully saturated rings. The molecule has 0 amide bonds. The van der Waals surface area contributed by atoms with E-state index in [0.29, 0.717) is 12.2 Å². The highest BCUT2D eigenvalue weighted by atomic mass is 16.6. The molecule has 1 aromatic rings. The Balaban J connectivity index is 3.16. The molecule has 0 aliphatic heterocycles. The molecule has 0 spiro atoms. The Hall–Kier alpha value is -1.83. The SMILES string of the molecule is CCn1cc([N+](=O)[O-])cc1C#N. The van der Waals surface area contributed by atoms with Gasteiger partial charge >= 0.3 is 0 Å². The molecule has 0 aliphatic carbocycles. The number of nitro groups is 1. The Morgan fingerprint density at radius 2 is 2.50 bits per heavy atom. The molecule has 0 aliphatic rings. The minimum absolute atomic E-state index is 0.0339. The van der Waals surface area contributed by atoms with E-state index in [-0.39, 0.29) is 5.69 Å². The van der Waals surface area contributed by atoms with Gasteiger partial charge < -0.3 is 4.57 Å². The van der Waals surface area contributed by atoms with E-state index >= 15 is 0 Å². The molecule has 0 radical (unpaired) electrons. The molecular weight excluding hydrogens is 158 g/mol. The highest BCUT2D eigenvalue weighted by Crippen LogP contribution is 2.15. The Bertz CT molecular complexity index is 348. The fourth-order valence-corrected chi connectivity index (χ4v) is 0.947. The van der Waals surface area contributed by atoms with E-state index in [2.05, 4.69) is 0 Å². The molecule has 0 bridgehead atoms. The van der Waals surface area contributed by atoms with E-state index in [4.69, 9.17) is 5.26 Å². The second kappa shape index (κ2) is 3.05. The summed E-state index contributed by atoms with van der Waals surface area (Å²) in [7, 11) is 0. The van der Waals surface area contributed by atoms with Crippen LogP contribution in [-0.4, -0.2) is 9.49 Å². The van der Waals surface area contributed by atoms with Gasteiger partial charge in [0.25, 0.3) is 5.69 Å². The fourth-order valence-electron chi connectivity index (χ4n) is 0.947. The summed E-state index contributed by atoms with van der Waals surface area (Å²) in [6, 6.07) is 3.15. The predicted molar refractivity (Wildman–Crippen MR) is 41.5 cm³/mol. The van der Waals surface area contributed by atoms with Crippen molar-refractivity contribution in [1.82, 2.24) is 4.57 Å². The molecule has 0 saturated heterocycles. The van der Waals surface area contributed by atoms with Crippen molar-refractivity contribution in [3.8, 4) is 6.07 Å². The second-order valence-corrected chi connectivity index (χ2v) is 2.24. The van der Waals surface area contributed by atoms with Gasteiger partial charge in [-0.2, -0.15) is 5.26 Å². The van der Waals surface area contributed by atoms with Crippen LogP contribution in [0.5, 0.6) is 0 Å². The van der Waals surface area contributed by atoms with Gasteiger partial charge in [-0.05, 0) is 6.92 Å². The van der Waals surface area contributed by atoms with Gasteiger partial charge in [0.1, 0.15) is 11.8 Å². The molecule has 5 heteroatoms. The summed E-state index contributed by atoms with van der Waals surface area (Å²) in [5, 5.41) is 18.8. The minimum Gasteiger partial charge on any atom is -0.333 e. The van der Waals surface area contributed by atoms with Crippen LogP contribution in [0, 0.1) is 21.4 Å². The lowest BCUT2D eigenvalue weighted by atomic mass is 10.4. The zero-order valence-corrected chi connectivity index (χ0v) is 6.52. The van der Waals surface area contributed by atoms with Crippen LogP contribution in [0.4, 0.5) is 5.69 Å². The highest BCUT2D eigenvalue weighted by molar-refractivity contribution is 5.37. The first kappa shape index (κ1) is 8.27. The summed E-state index contributed by atoms with van der Waals surface area (Å²) in [5.41, 5.74) is 0.289. The van der Waals surface area contributed by atoms with Crippen LogP contribution in [0.3, 0.4) is 0 Å². The van der Waals surface area contributed by atoms with Gasteiger partial charge in [0, 0.05) is 6.54 Å². The minimum atomic E-state index is -0.507. The summed E-state index contributed by atoms with van der Waals surface area (Å²) in [4.78, 5) is 9.77. The van der Waals surface area contributed by atoms with Gasteiger partial charge in [-0.1, -0.05) is 0 Å². The third-order valence-electron chi connectivity index (χ3n) is 1.55. The maximum atomic E-state index is 10.3. The average Bonchev–Trinajstić information content (AvgIpc) is 2.46. The maximum absolute atomic E-state index is 10.3. The van der Waals surface area contributed by atoms with E-state index < -0.39 is 4.92 Å². The lowest BCUT2D eigenvalue weighted by molar-refractivity contribution is -0.384. The molecular formula is C7H7N3O2. The summed E-state index contributed by atoms with van der Waals surface area (Å²) in [5.74, 6) is 0. The molecule has 1 heterocycles. The molecule has 0 N–H and O–H groups in total. The quantitative estimate of drug-likeness (QED) is 0.489. The molecule has 0 aromatic carbocycles. The van der Waals surface area contributed by atoms with Gasteiger partial charge in [0.05, 0.1) is 17.2 Å². The Morgan fingerprint density at radius 1 is 1.83 bits per heavy atom. The van der Waals surface area contributed by atoms with Crippen LogP contribution in [0.25, 0.3) is 0 Å². The van der Waals surface area contributed by atoms with Crippen LogP contribution < -0.4 is 0 Å². The lowest BCUT2D eigenvalue weighted by Gasteiger charge is -1.94. The Morgan fingerprint density at radius 3 is 2.83 bits per heavy atom. The van der Waals surface area contributed by atoms with Gasteiger partial charge in [0.15, 0.2) is 0 Å². The number of nitriles is 1. The van der Waals surface area contributed by atoms with Gasteiger partial charge in [-0.3, -0.25) is 10.1 Å². The monoisotopic (exact) mass is 165 g/mol. The number of rotatable bonds is 2. The molecule has 62 valence electrons. The summed E-state index contributed by atoms with van der Waals surface area (Å²) >= 11 is 0. The van der Waals surface area contributed by atoms with Gasteiger partial charge in [0.2, 0.25) is 0 Å². The average molecular weight is 165 g/mol. The van der Waals surface area contributed by atoms with Crippen molar-refractivity contribution in [3.05, 3.63) is 28.1 Å². The molecule has 0 unspecified atom stereocenters. The Labute approximate surface area is 69.0 Å². The zero-order chi connectivity index (χ0) is 9.14. The zero-order valence-electron chi connectivity index (χ0n) is 6.52. The molecule has 1 rings (SSSR count). The van der Waals surface area contributed by atoms with Crippen molar-refractivity contribution in [2.24, 2.45) is 0 Å². The number of hydrogen-bond donors (Lipinski definition) is 0. The van der Waals surface area contributed by atoms with E-state index in [1.54, 1.807) is 0 Å². The summed E-state index contributed by atoms with van der Waals surface area (Å²) in [6.07, 6.45) is 1.36. The van der Waals surface area contributed by atoms with E-state index in [1.807, 2.05) is 13.0 Å². The molecule has 0 atom stereocenters. The predicted octanol–water partition coefficient (Wildman–Crippen LogP) is 1.29. The van der Waals surface area contributed by atoms with Gasteiger partial charge in [-0.15, -0.1) is 0 Å². The van der Waals surface area contributed by atoms with Crippen molar-refractivity contribution in [1.29, 1.82) is 5.26 Å². The van der Waals surface area contributed by atoms with Crippen molar-refractivity contribution >= 4 is 5.69 Å². The maximum Gasteiger partial charge on any atom is 0.288 e. The molecule has 0 saturated carbocycles. The van der Waals surface area contributed by atoms with Crippen LogP contribution in [0.15, 0.2) is 12.3 Å². The first-order chi connectivity index (χ1) is 5.69. The normalized spacial score (nSPS) is 9.33. The van der Waals surface area contributed by atoms with Crippen molar-refractivity contribution in [3.63, 3.8) is 0 Å². The first-order valence-corrected chi connectivity index (χ1v) is 3.43. The number of aromatic nitrogens is 1. The van der Waals surface area contributed by atoms with Crippen molar-refractivity contribution < 1.29 is 4.92 Å². The van der Waals surface area contributed by atoms with Crippen LogP contribution >= 0.6 is 0 Å². The number of hydrogen-bond acceptors (Lipinski definition) is 3.